The highest BCUT2D eigenvalue weighted by Gasteiger charge is 2.05. The van der Waals surface area contributed by atoms with Gasteiger partial charge in [-0.3, -0.25) is 4.79 Å². The Morgan fingerprint density at radius 3 is 2.47 bits per heavy atom. The van der Waals surface area contributed by atoms with Crippen molar-refractivity contribution in [3.63, 3.8) is 0 Å². The van der Waals surface area contributed by atoms with E-state index in [-0.39, 0.29) is 5.91 Å². The third-order valence-corrected chi connectivity index (χ3v) is 2.76. The molecule has 0 fully saturated rings. The second-order valence-electron chi connectivity index (χ2n) is 3.86. The van der Waals surface area contributed by atoms with Crippen molar-refractivity contribution in [1.29, 1.82) is 0 Å². The number of amides is 1. The van der Waals surface area contributed by atoms with Crippen LogP contribution in [0.4, 0.5) is 5.82 Å². The molecule has 2 rings (SSSR count). The van der Waals surface area contributed by atoms with Gasteiger partial charge in [-0.1, -0.05) is 23.7 Å². The van der Waals surface area contributed by atoms with Crippen LogP contribution in [-0.2, 0) is 6.54 Å². The number of hydrogen-bond acceptors (Lipinski definition) is 4. The molecule has 0 aliphatic rings. The van der Waals surface area contributed by atoms with Crippen LogP contribution >= 0.6 is 11.6 Å². The van der Waals surface area contributed by atoms with E-state index in [0.29, 0.717) is 23.1 Å². The maximum atomic E-state index is 11.3. The van der Waals surface area contributed by atoms with Gasteiger partial charge in [0, 0.05) is 18.6 Å². The molecule has 0 aliphatic carbocycles. The summed E-state index contributed by atoms with van der Waals surface area (Å²) in [6.07, 6.45) is 0. The Bertz CT molecular complexity index is 554. The van der Waals surface area contributed by atoms with Crippen molar-refractivity contribution >= 4 is 23.3 Å². The Labute approximate surface area is 116 Å². The van der Waals surface area contributed by atoms with Gasteiger partial charge in [-0.15, -0.1) is 10.2 Å². The molecule has 1 aromatic heterocycles. The van der Waals surface area contributed by atoms with Gasteiger partial charge in [-0.25, -0.2) is 0 Å². The highest BCUT2D eigenvalue weighted by atomic mass is 35.5. The van der Waals surface area contributed by atoms with Crippen molar-refractivity contribution in [2.75, 3.05) is 12.4 Å². The smallest absolute Gasteiger partial charge is 0.271 e. The standard InChI is InChI=1S/C13H13ClN4O/c1-15-13(19)11-6-7-12(18-17-11)16-8-9-2-4-10(14)5-3-9/h2-7H,8H2,1H3,(H,15,19)(H,16,18). The Hall–Kier alpha value is -2.14. The number of nitrogens with one attached hydrogen (secondary N) is 2. The van der Waals surface area contributed by atoms with E-state index in [4.69, 9.17) is 11.6 Å². The van der Waals surface area contributed by atoms with Crippen molar-refractivity contribution in [2.45, 2.75) is 6.54 Å². The number of benzene rings is 1. The molecule has 0 atom stereocenters. The topological polar surface area (TPSA) is 66.9 Å². The normalized spacial score (nSPS) is 10.0. The van der Waals surface area contributed by atoms with Crippen LogP contribution in [0, 0.1) is 0 Å². The van der Waals surface area contributed by atoms with Crippen LogP contribution in [0.5, 0.6) is 0 Å². The molecular formula is C13H13ClN4O. The first-order chi connectivity index (χ1) is 9.19. The van der Waals surface area contributed by atoms with E-state index in [9.17, 15) is 4.79 Å². The van der Waals surface area contributed by atoms with Gasteiger partial charge >= 0.3 is 0 Å². The van der Waals surface area contributed by atoms with Crippen LogP contribution in [0.1, 0.15) is 16.1 Å². The Balaban J connectivity index is 1.96. The van der Waals surface area contributed by atoms with E-state index in [1.54, 1.807) is 19.2 Å². The Morgan fingerprint density at radius 1 is 1.16 bits per heavy atom. The molecule has 2 aromatic rings. The van der Waals surface area contributed by atoms with Gasteiger partial charge in [-0.2, -0.15) is 0 Å². The van der Waals surface area contributed by atoms with E-state index in [2.05, 4.69) is 20.8 Å². The van der Waals surface area contributed by atoms with E-state index in [1.807, 2.05) is 24.3 Å². The molecule has 0 aliphatic heterocycles. The number of carbonyl (C=O) groups excluding carboxylic acids is 1. The summed E-state index contributed by atoms with van der Waals surface area (Å²) in [7, 11) is 1.55. The summed E-state index contributed by atoms with van der Waals surface area (Å²) in [6, 6.07) is 10.9. The minimum Gasteiger partial charge on any atom is -0.365 e. The summed E-state index contributed by atoms with van der Waals surface area (Å²) in [6.45, 7) is 0.616. The van der Waals surface area contributed by atoms with Crippen LogP contribution in [0.25, 0.3) is 0 Å². The highest BCUT2D eigenvalue weighted by Crippen LogP contribution is 2.11. The fourth-order valence-electron chi connectivity index (χ4n) is 1.47. The van der Waals surface area contributed by atoms with Crippen molar-refractivity contribution in [1.82, 2.24) is 15.5 Å². The predicted octanol–water partition coefficient (Wildman–Crippen LogP) is 2.10. The number of hydrogen-bond donors (Lipinski definition) is 2. The molecular weight excluding hydrogens is 264 g/mol. The zero-order valence-corrected chi connectivity index (χ0v) is 11.1. The van der Waals surface area contributed by atoms with Crippen LogP contribution in [0.15, 0.2) is 36.4 Å². The molecule has 0 bridgehead atoms. The molecule has 0 saturated carbocycles. The van der Waals surface area contributed by atoms with Gasteiger partial charge in [0.2, 0.25) is 0 Å². The lowest BCUT2D eigenvalue weighted by atomic mass is 10.2. The third kappa shape index (κ3) is 3.66. The highest BCUT2D eigenvalue weighted by molar-refractivity contribution is 6.30. The predicted molar refractivity (Wildman–Crippen MR) is 74.2 cm³/mol. The second kappa shape index (κ2) is 6.15. The molecule has 1 aromatic carbocycles. The molecule has 1 heterocycles. The van der Waals surface area contributed by atoms with Crippen LogP contribution in [0.2, 0.25) is 5.02 Å². The molecule has 6 heteroatoms. The molecule has 0 spiro atoms. The van der Waals surface area contributed by atoms with Gasteiger partial charge < -0.3 is 10.6 Å². The lowest BCUT2D eigenvalue weighted by Gasteiger charge is -2.05. The summed E-state index contributed by atoms with van der Waals surface area (Å²) in [5.74, 6) is 0.361. The van der Waals surface area contributed by atoms with Gasteiger partial charge in [0.25, 0.3) is 5.91 Å². The van der Waals surface area contributed by atoms with Gasteiger partial charge in [0.1, 0.15) is 5.82 Å². The SMILES string of the molecule is CNC(=O)c1ccc(NCc2ccc(Cl)cc2)nn1. The minimum atomic E-state index is -0.253. The molecule has 2 N–H and O–H groups in total. The van der Waals surface area contributed by atoms with Gasteiger partial charge in [-0.05, 0) is 29.8 Å². The summed E-state index contributed by atoms with van der Waals surface area (Å²) in [4.78, 5) is 11.3. The van der Waals surface area contributed by atoms with Gasteiger partial charge in [0.15, 0.2) is 5.69 Å². The van der Waals surface area contributed by atoms with Crippen molar-refractivity contribution in [2.24, 2.45) is 0 Å². The van der Waals surface area contributed by atoms with Crippen molar-refractivity contribution < 1.29 is 4.79 Å². The molecule has 5 nitrogen and oxygen atoms in total. The molecule has 19 heavy (non-hydrogen) atoms. The van der Waals surface area contributed by atoms with Gasteiger partial charge in [0.05, 0.1) is 0 Å². The maximum Gasteiger partial charge on any atom is 0.271 e. The minimum absolute atomic E-state index is 0.253. The zero-order valence-electron chi connectivity index (χ0n) is 10.4. The molecule has 98 valence electrons. The summed E-state index contributed by atoms with van der Waals surface area (Å²) < 4.78 is 0. The third-order valence-electron chi connectivity index (χ3n) is 2.51. The van der Waals surface area contributed by atoms with Crippen LogP contribution in [0.3, 0.4) is 0 Å². The van der Waals surface area contributed by atoms with Crippen LogP contribution in [-0.4, -0.2) is 23.2 Å². The second-order valence-corrected chi connectivity index (χ2v) is 4.30. The molecule has 0 unspecified atom stereocenters. The van der Waals surface area contributed by atoms with E-state index in [0.717, 1.165) is 5.56 Å². The zero-order chi connectivity index (χ0) is 13.7. The number of carbonyl (C=O) groups is 1. The lowest BCUT2D eigenvalue weighted by Crippen LogP contribution is -2.19. The van der Waals surface area contributed by atoms with E-state index in [1.165, 1.54) is 0 Å². The van der Waals surface area contributed by atoms with Crippen LogP contribution < -0.4 is 10.6 Å². The summed E-state index contributed by atoms with van der Waals surface area (Å²) in [5, 5.41) is 14.1. The largest absolute Gasteiger partial charge is 0.365 e. The molecule has 0 saturated heterocycles. The molecule has 0 radical (unpaired) electrons. The quantitative estimate of drug-likeness (QED) is 0.897. The average molecular weight is 277 g/mol. The fraction of sp³-hybridized carbons (Fsp3) is 0.154. The first kappa shape index (κ1) is 13.3. The Kier molecular flexibility index (Phi) is 4.30. The number of anilines is 1. The number of aromatic nitrogens is 2. The summed E-state index contributed by atoms with van der Waals surface area (Å²) in [5.41, 5.74) is 1.38. The van der Waals surface area contributed by atoms with E-state index < -0.39 is 0 Å². The average Bonchev–Trinajstić information content (AvgIpc) is 2.46. The lowest BCUT2D eigenvalue weighted by molar-refractivity contribution is 0.0957. The first-order valence-corrected chi connectivity index (χ1v) is 6.11. The maximum absolute atomic E-state index is 11.3. The fourth-order valence-corrected chi connectivity index (χ4v) is 1.60. The Morgan fingerprint density at radius 2 is 1.89 bits per heavy atom. The monoisotopic (exact) mass is 276 g/mol. The van der Waals surface area contributed by atoms with E-state index >= 15 is 0 Å². The first-order valence-electron chi connectivity index (χ1n) is 5.73. The number of halogens is 1. The summed E-state index contributed by atoms with van der Waals surface area (Å²) >= 11 is 5.81. The molecule has 1 amide bonds. The van der Waals surface area contributed by atoms with Crippen molar-refractivity contribution in [3.05, 3.63) is 52.7 Å². The number of rotatable bonds is 4. The van der Waals surface area contributed by atoms with Crippen molar-refractivity contribution in [3.8, 4) is 0 Å². The number of nitrogens with zero attached hydrogens (tertiary/aromatic N) is 2.